The summed E-state index contributed by atoms with van der Waals surface area (Å²) in [5.41, 5.74) is 0. The third kappa shape index (κ3) is 10.7. The van der Waals surface area contributed by atoms with E-state index in [0.29, 0.717) is 12.8 Å². The summed E-state index contributed by atoms with van der Waals surface area (Å²) in [5.74, 6) is -0.296. The molecular weight excluding hydrogens is 259 g/mol. The van der Waals surface area contributed by atoms with Crippen LogP contribution in [0.1, 0.15) is 25.7 Å². The highest BCUT2D eigenvalue weighted by Crippen LogP contribution is 2.20. The van der Waals surface area contributed by atoms with E-state index in [4.69, 9.17) is 0 Å². The molecule has 1 saturated heterocycles. The van der Waals surface area contributed by atoms with Crippen molar-refractivity contribution >= 4 is 18.0 Å². The summed E-state index contributed by atoms with van der Waals surface area (Å²) in [7, 11) is 0. The molecule has 9 heteroatoms. The second kappa shape index (κ2) is 7.51. The van der Waals surface area contributed by atoms with Crippen molar-refractivity contribution in [2.75, 3.05) is 6.61 Å². The Balaban J connectivity index is 0.000000351. The van der Waals surface area contributed by atoms with Crippen LogP contribution in [0.15, 0.2) is 0 Å². The summed E-state index contributed by atoms with van der Waals surface area (Å²) in [4.78, 5) is 29.8. The molecule has 0 aromatic rings. The van der Waals surface area contributed by atoms with E-state index in [1.54, 1.807) is 0 Å². The van der Waals surface area contributed by atoms with E-state index >= 15 is 0 Å². The van der Waals surface area contributed by atoms with Crippen LogP contribution in [-0.4, -0.2) is 30.8 Å². The molecule has 104 valence electrons. The maximum absolute atomic E-state index is 11.4. The quantitative estimate of drug-likeness (QED) is 0.446. The van der Waals surface area contributed by atoms with Crippen molar-refractivity contribution in [2.45, 2.75) is 31.9 Å². The second-order valence-corrected chi connectivity index (χ2v) is 3.29. The van der Waals surface area contributed by atoms with Crippen molar-refractivity contribution in [3.05, 3.63) is 0 Å². The smallest absolute Gasteiger partial charge is 0.389 e. The largest absolute Gasteiger partial charge is 0.550 e. The second-order valence-electron chi connectivity index (χ2n) is 3.29. The lowest BCUT2D eigenvalue weighted by Gasteiger charge is -2.08. The number of rotatable bonds is 3. The van der Waals surface area contributed by atoms with Crippen LogP contribution in [0, 0.1) is 0 Å². The van der Waals surface area contributed by atoms with Gasteiger partial charge in [0, 0.05) is 25.9 Å². The van der Waals surface area contributed by atoms with Crippen LogP contribution in [0.4, 0.5) is 18.0 Å². The molecule has 1 aliphatic rings. The van der Waals surface area contributed by atoms with E-state index in [9.17, 15) is 32.7 Å². The zero-order valence-electron chi connectivity index (χ0n) is 9.21. The molecule has 0 unspecified atom stereocenters. The van der Waals surface area contributed by atoms with Gasteiger partial charge >= 0.3 is 6.18 Å². The molecule has 0 bridgehead atoms. The number of imide groups is 1. The first-order valence-electron chi connectivity index (χ1n) is 4.94. The Morgan fingerprint density at radius 2 is 1.78 bits per heavy atom. The SMILES string of the molecule is O=C([O-])OCCCC(F)(F)F.O=C1CCC(=O)N1. The molecule has 18 heavy (non-hydrogen) atoms. The van der Waals surface area contributed by atoms with Gasteiger partial charge in [0.15, 0.2) is 0 Å². The fraction of sp³-hybridized carbons (Fsp3) is 0.667. The van der Waals surface area contributed by atoms with Crippen LogP contribution in [0.3, 0.4) is 0 Å². The first-order chi connectivity index (χ1) is 8.20. The Morgan fingerprint density at radius 3 is 2.06 bits per heavy atom. The van der Waals surface area contributed by atoms with Gasteiger partial charge in [0.25, 0.3) is 6.16 Å². The predicted molar refractivity (Wildman–Crippen MR) is 49.0 cm³/mol. The van der Waals surface area contributed by atoms with E-state index in [-0.39, 0.29) is 18.2 Å². The maximum atomic E-state index is 11.4. The van der Waals surface area contributed by atoms with Gasteiger partial charge in [-0.3, -0.25) is 14.9 Å². The normalized spacial score (nSPS) is 14.6. The van der Waals surface area contributed by atoms with Crippen molar-refractivity contribution in [2.24, 2.45) is 0 Å². The van der Waals surface area contributed by atoms with Crippen LogP contribution in [0.5, 0.6) is 0 Å². The lowest BCUT2D eigenvalue weighted by atomic mass is 10.3. The topological polar surface area (TPSA) is 95.5 Å². The number of hydrogen-bond acceptors (Lipinski definition) is 5. The lowest BCUT2D eigenvalue weighted by Crippen LogP contribution is -2.24. The van der Waals surface area contributed by atoms with Gasteiger partial charge in [0.05, 0.1) is 0 Å². The minimum atomic E-state index is -4.25. The average Bonchev–Trinajstić information content (AvgIpc) is 2.57. The Bertz CT molecular complexity index is 302. The number of carboxylic acid groups (broad SMARTS) is 1. The Hall–Kier alpha value is -1.80. The number of ether oxygens (including phenoxy) is 1. The molecule has 6 nitrogen and oxygen atoms in total. The third-order valence-electron chi connectivity index (χ3n) is 1.68. The summed E-state index contributed by atoms with van der Waals surface area (Å²) in [6.07, 6.45) is -6.71. The summed E-state index contributed by atoms with van der Waals surface area (Å²) in [6, 6.07) is 0. The number of amides is 2. The van der Waals surface area contributed by atoms with Gasteiger partial charge in [-0.25, -0.2) is 0 Å². The van der Waals surface area contributed by atoms with Crippen molar-refractivity contribution in [3.63, 3.8) is 0 Å². The molecule has 0 spiro atoms. The lowest BCUT2D eigenvalue weighted by molar-refractivity contribution is -0.283. The van der Waals surface area contributed by atoms with E-state index in [1.165, 1.54) is 0 Å². The number of alkyl halides is 3. The monoisotopic (exact) mass is 270 g/mol. The fourth-order valence-corrected chi connectivity index (χ4v) is 0.936. The van der Waals surface area contributed by atoms with E-state index in [0.717, 1.165) is 0 Å². The van der Waals surface area contributed by atoms with Crippen molar-refractivity contribution in [1.82, 2.24) is 5.32 Å². The van der Waals surface area contributed by atoms with Crippen LogP contribution < -0.4 is 10.4 Å². The number of carbonyl (C=O) groups is 3. The van der Waals surface area contributed by atoms with Gasteiger partial charge in [-0.05, 0) is 6.42 Å². The van der Waals surface area contributed by atoms with Crippen molar-refractivity contribution in [1.29, 1.82) is 0 Å². The fourth-order valence-electron chi connectivity index (χ4n) is 0.936. The molecule has 0 aliphatic carbocycles. The Labute approximate surface area is 100 Å². The first-order valence-corrected chi connectivity index (χ1v) is 4.94. The minimum Gasteiger partial charge on any atom is -0.550 e. The molecule has 0 radical (unpaired) electrons. The van der Waals surface area contributed by atoms with Crippen LogP contribution >= 0.6 is 0 Å². The summed E-state index contributed by atoms with van der Waals surface area (Å²) in [5, 5.41) is 11.6. The molecule has 1 aliphatic heterocycles. The van der Waals surface area contributed by atoms with E-state index in [1.807, 2.05) is 0 Å². The minimum absolute atomic E-state index is 0.148. The van der Waals surface area contributed by atoms with Gasteiger partial charge in [-0.2, -0.15) is 13.2 Å². The zero-order chi connectivity index (χ0) is 14.2. The molecule has 2 amide bonds. The van der Waals surface area contributed by atoms with Crippen LogP contribution in [-0.2, 0) is 14.3 Å². The molecule has 1 N–H and O–H groups in total. The zero-order valence-corrected chi connectivity index (χ0v) is 9.21. The number of halogens is 3. The van der Waals surface area contributed by atoms with E-state index in [2.05, 4.69) is 10.1 Å². The van der Waals surface area contributed by atoms with Gasteiger partial charge < -0.3 is 14.6 Å². The predicted octanol–water partition coefficient (Wildman–Crippen LogP) is 0.112. The highest BCUT2D eigenvalue weighted by molar-refractivity contribution is 6.01. The van der Waals surface area contributed by atoms with Crippen molar-refractivity contribution < 1.29 is 37.4 Å². The first kappa shape index (κ1) is 16.2. The van der Waals surface area contributed by atoms with Crippen molar-refractivity contribution in [3.8, 4) is 0 Å². The summed E-state index contributed by atoms with van der Waals surface area (Å²) < 4.78 is 37.8. The highest BCUT2D eigenvalue weighted by Gasteiger charge is 2.25. The number of carbonyl (C=O) groups excluding carboxylic acids is 3. The molecule has 1 fully saturated rings. The van der Waals surface area contributed by atoms with Gasteiger partial charge in [0.2, 0.25) is 11.8 Å². The highest BCUT2D eigenvalue weighted by atomic mass is 19.4. The molecular formula is C9H11F3NO5-. The molecule has 0 aromatic heterocycles. The molecule has 0 atom stereocenters. The number of hydrogen-bond donors (Lipinski definition) is 1. The van der Waals surface area contributed by atoms with Gasteiger partial charge in [0.1, 0.15) is 0 Å². The molecule has 0 saturated carbocycles. The standard InChI is InChI=1S/C5H7F3O3.C4H5NO2/c6-5(7,8)2-1-3-11-4(9)10;6-3-1-2-4(7)5-3/h1-3H2,(H,9,10);1-2H2,(H,5,6,7)/p-1. The summed E-state index contributed by atoms with van der Waals surface area (Å²) in [6.45, 7) is -0.470. The maximum Gasteiger partial charge on any atom is 0.389 e. The molecule has 1 heterocycles. The third-order valence-corrected chi connectivity index (χ3v) is 1.68. The average molecular weight is 270 g/mol. The van der Waals surface area contributed by atoms with E-state index < -0.39 is 25.4 Å². The molecule has 1 rings (SSSR count). The Kier molecular flexibility index (Phi) is 6.76. The van der Waals surface area contributed by atoms with Gasteiger partial charge in [-0.1, -0.05) is 0 Å². The summed E-state index contributed by atoms with van der Waals surface area (Å²) >= 11 is 0. The molecule has 0 aromatic carbocycles. The van der Waals surface area contributed by atoms with Crippen LogP contribution in [0.2, 0.25) is 0 Å². The van der Waals surface area contributed by atoms with Crippen LogP contribution in [0.25, 0.3) is 0 Å². The number of nitrogens with one attached hydrogen (secondary N) is 1. The Morgan fingerprint density at radius 1 is 1.28 bits per heavy atom. The van der Waals surface area contributed by atoms with Gasteiger partial charge in [-0.15, -0.1) is 0 Å².